The summed E-state index contributed by atoms with van der Waals surface area (Å²) in [6.45, 7) is 2.70. The largest absolute Gasteiger partial charge is 0.396 e. The monoisotopic (exact) mass is 207 g/mol. The highest BCUT2D eigenvalue weighted by Gasteiger charge is 2.34. The summed E-state index contributed by atoms with van der Waals surface area (Å²) >= 11 is 0. The van der Waals surface area contributed by atoms with Crippen LogP contribution in [0.1, 0.15) is 17.2 Å². The molecule has 0 spiro atoms. The van der Waals surface area contributed by atoms with Crippen LogP contribution < -0.4 is 5.73 Å². The van der Waals surface area contributed by atoms with E-state index in [2.05, 4.69) is 19.1 Å². The second kappa shape index (κ2) is 4.31. The molecule has 1 aliphatic rings. The number of aliphatic hydroxyl groups is 1. The van der Waals surface area contributed by atoms with Crippen LogP contribution in [-0.2, 0) is 4.74 Å². The van der Waals surface area contributed by atoms with Gasteiger partial charge in [0.1, 0.15) is 0 Å². The molecule has 0 aromatic heterocycles. The van der Waals surface area contributed by atoms with Crippen LogP contribution in [0.3, 0.4) is 0 Å². The van der Waals surface area contributed by atoms with Crippen molar-refractivity contribution in [3.05, 3.63) is 35.4 Å². The maximum absolute atomic E-state index is 9.09. The predicted molar refractivity (Wildman–Crippen MR) is 58.4 cm³/mol. The van der Waals surface area contributed by atoms with Crippen molar-refractivity contribution in [2.45, 2.75) is 19.1 Å². The van der Waals surface area contributed by atoms with Gasteiger partial charge in [0.25, 0.3) is 0 Å². The zero-order valence-corrected chi connectivity index (χ0v) is 8.89. The first-order valence-corrected chi connectivity index (χ1v) is 5.27. The van der Waals surface area contributed by atoms with Crippen LogP contribution in [0.15, 0.2) is 24.3 Å². The molecule has 1 aromatic carbocycles. The van der Waals surface area contributed by atoms with Crippen molar-refractivity contribution in [1.29, 1.82) is 0 Å². The molecular formula is C12H17NO2. The summed E-state index contributed by atoms with van der Waals surface area (Å²) in [6.07, 6.45) is -0.0669. The Morgan fingerprint density at radius 3 is 2.60 bits per heavy atom. The lowest BCUT2D eigenvalue weighted by Crippen LogP contribution is -2.32. The third kappa shape index (κ3) is 2.04. The maximum Gasteiger partial charge on any atom is 0.0980 e. The molecule has 0 saturated carbocycles. The van der Waals surface area contributed by atoms with Gasteiger partial charge < -0.3 is 15.6 Å². The van der Waals surface area contributed by atoms with Gasteiger partial charge in [0.05, 0.1) is 12.7 Å². The zero-order valence-electron chi connectivity index (χ0n) is 8.89. The summed E-state index contributed by atoms with van der Waals surface area (Å²) in [5, 5.41) is 9.09. The van der Waals surface area contributed by atoms with E-state index in [1.807, 2.05) is 12.1 Å². The number of rotatable bonds is 2. The van der Waals surface area contributed by atoms with Gasteiger partial charge in [0.2, 0.25) is 0 Å². The van der Waals surface area contributed by atoms with Crippen LogP contribution in [-0.4, -0.2) is 24.4 Å². The number of benzene rings is 1. The molecule has 0 bridgehead atoms. The van der Waals surface area contributed by atoms with Gasteiger partial charge in [-0.15, -0.1) is 0 Å². The highest BCUT2D eigenvalue weighted by atomic mass is 16.5. The minimum atomic E-state index is -0.0993. The number of ether oxygens (including phenoxy) is 1. The van der Waals surface area contributed by atoms with Crippen LogP contribution in [0.4, 0.5) is 0 Å². The average molecular weight is 207 g/mol. The van der Waals surface area contributed by atoms with Crippen molar-refractivity contribution in [2.75, 3.05) is 13.2 Å². The first kappa shape index (κ1) is 10.6. The normalized spacial score (nSPS) is 30.7. The quantitative estimate of drug-likeness (QED) is 0.760. The van der Waals surface area contributed by atoms with E-state index in [-0.39, 0.29) is 24.7 Å². The van der Waals surface area contributed by atoms with Gasteiger partial charge in [0.15, 0.2) is 0 Å². The fraction of sp³-hybridized carbons (Fsp3) is 0.500. The molecule has 1 aliphatic heterocycles. The topological polar surface area (TPSA) is 55.5 Å². The van der Waals surface area contributed by atoms with Gasteiger partial charge in [0, 0.05) is 18.6 Å². The number of hydrogen-bond donors (Lipinski definition) is 2. The summed E-state index contributed by atoms with van der Waals surface area (Å²) in [4.78, 5) is 0. The van der Waals surface area contributed by atoms with E-state index in [1.165, 1.54) is 5.56 Å². The van der Waals surface area contributed by atoms with Gasteiger partial charge in [-0.1, -0.05) is 29.8 Å². The molecule has 0 amide bonds. The average Bonchev–Trinajstić information content (AvgIpc) is 2.61. The van der Waals surface area contributed by atoms with E-state index < -0.39 is 0 Å². The Balaban J connectivity index is 2.15. The lowest BCUT2D eigenvalue weighted by Gasteiger charge is -2.17. The highest BCUT2D eigenvalue weighted by molar-refractivity contribution is 5.25. The zero-order chi connectivity index (χ0) is 10.8. The Morgan fingerprint density at radius 2 is 2.07 bits per heavy atom. The fourth-order valence-corrected chi connectivity index (χ4v) is 1.95. The first-order valence-electron chi connectivity index (χ1n) is 5.27. The van der Waals surface area contributed by atoms with Crippen LogP contribution in [0.25, 0.3) is 0 Å². The van der Waals surface area contributed by atoms with Gasteiger partial charge in [-0.3, -0.25) is 0 Å². The smallest absolute Gasteiger partial charge is 0.0980 e. The van der Waals surface area contributed by atoms with E-state index in [0.29, 0.717) is 6.61 Å². The second-order valence-corrected chi connectivity index (χ2v) is 4.18. The van der Waals surface area contributed by atoms with Crippen molar-refractivity contribution in [3.8, 4) is 0 Å². The lowest BCUT2D eigenvalue weighted by molar-refractivity contribution is 0.0982. The minimum absolute atomic E-state index is 0.0660. The molecule has 1 fully saturated rings. The lowest BCUT2D eigenvalue weighted by atomic mass is 9.95. The molecule has 3 N–H and O–H groups in total. The van der Waals surface area contributed by atoms with E-state index >= 15 is 0 Å². The number of nitrogens with two attached hydrogens (primary N) is 1. The third-order valence-corrected chi connectivity index (χ3v) is 3.02. The summed E-state index contributed by atoms with van der Waals surface area (Å²) < 4.78 is 5.61. The molecular weight excluding hydrogens is 190 g/mol. The Morgan fingerprint density at radius 1 is 1.40 bits per heavy atom. The number of aliphatic hydroxyl groups excluding tert-OH is 1. The van der Waals surface area contributed by atoms with Crippen LogP contribution >= 0.6 is 0 Å². The maximum atomic E-state index is 9.09. The molecule has 3 atom stereocenters. The van der Waals surface area contributed by atoms with Crippen molar-refractivity contribution in [3.63, 3.8) is 0 Å². The molecule has 0 aliphatic carbocycles. The summed E-state index contributed by atoms with van der Waals surface area (Å²) in [6, 6.07) is 8.09. The standard InChI is InChI=1S/C12H17NO2/c1-8-2-4-9(5-3-8)12-11(13)10(6-14)7-15-12/h2-5,10-12,14H,6-7,13H2,1H3/t10-,11-,12+/m1/s1. The van der Waals surface area contributed by atoms with Gasteiger partial charge in [-0.2, -0.15) is 0 Å². The van der Waals surface area contributed by atoms with Crippen LogP contribution in [0.2, 0.25) is 0 Å². The molecule has 1 aromatic rings. The van der Waals surface area contributed by atoms with Gasteiger partial charge >= 0.3 is 0 Å². The molecule has 0 unspecified atom stereocenters. The Bertz CT molecular complexity index is 323. The van der Waals surface area contributed by atoms with E-state index in [1.54, 1.807) is 0 Å². The van der Waals surface area contributed by atoms with Gasteiger partial charge in [-0.05, 0) is 12.5 Å². The van der Waals surface area contributed by atoms with Crippen molar-refractivity contribution < 1.29 is 9.84 Å². The number of aryl methyl sites for hydroxylation is 1. The van der Waals surface area contributed by atoms with E-state index in [9.17, 15) is 0 Å². The molecule has 2 rings (SSSR count). The molecule has 3 heteroatoms. The first-order chi connectivity index (χ1) is 7.22. The summed E-state index contributed by atoms with van der Waals surface area (Å²) in [7, 11) is 0. The predicted octanol–water partition coefficient (Wildman–Crippen LogP) is 1.00. The minimum Gasteiger partial charge on any atom is -0.396 e. The second-order valence-electron chi connectivity index (χ2n) is 4.18. The Labute approximate surface area is 89.9 Å². The van der Waals surface area contributed by atoms with Crippen molar-refractivity contribution in [1.82, 2.24) is 0 Å². The molecule has 82 valence electrons. The fourth-order valence-electron chi connectivity index (χ4n) is 1.95. The summed E-state index contributed by atoms with van der Waals surface area (Å²) in [5.41, 5.74) is 8.35. The van der Waals surface area contributed by atoms with E-state index in [4.69, 9.17) is 15.6 Å². The summed E-state index contributed by atoms with van der Waals surface area (Å²) in [5.74, 6) is 0.0660. The van der Waals surface area contributed by atoms with Crippen LogP contribution in [0.5, 0.6) is 0 Å². The molecule has 1 saturated heterocycles. The molecule has 0 radical (unpaired) electrons. The number of hydrogen-bond acceptors (Lipinski definition) is 3. The Hall–Kier alpha value is -0.900. The van der Waals surface area contributed by atoms with Gasteiger partial charge in [-0.25, -0.2) is 0 Å². The molecule has 3 nitrogen and oxygen atoms in total. The molecule has 15 heavy (non-hydrogen) atoms. The van der Waals surface area contributed by atoms with Crippen LogP contribution in [0, 0.1) is 12.8 Å². The molecule has 1 heterocycles. The highest BCUT2D eigenvalue weighted by Crippen LogP contribution is 2.31. The van der Waals surface area contributed by atoms with Crippen molar-refractivity contribution >= 4 is 0 Å². The SMILES string of the molecule is Cc1ccc([C@@H]2OC[C@@H](CO)[C@H]2N)cc1. The Kier molecular flexibility index (Phi) is 3.05. The third-order valence-electron chi connectivity index (χ3n) is 3.02. The van der Waals surface area contributed by atoms with Crippen molar-refractivity contribution in [2.24, 2.45) is 11.7 Å². The van der Waals surface area contributed by atoms with E-state index in [0.717, 1.165) is 5.56 Å².